The van der Waals surface area contributed by atoms with Gasteiger partial charge in [-0.3, -0.25) is 4.79 Å². The Kier molecular flexibility index (Phi) is 5.27. The summed E-state index contributed by atoms with van der Waals surface area (Å²) in [5.74, 6) is 0.920. The highest BCUT2D eigenvalue weighted by molar-refractivity contribution is 9.10. The van der Waals surface area contributed by atoms with Crippen LogP contribution in [-0.2, 0) is 4.79 Å². The molecule has 1 atom stereocenters. The van der Waals surface area contributed by atoms with Gasteiger partial charge in [0.15, 0.2) is 0 Å². The largest absolute Gasteiger partial charge is 0.493 e. The Hall–Kier alpha value is -1.07. The molecule has 1 amide bonds. The Balaban J connectivity index is 1.80. The first-order valence-electron chi connectivity index (χ1n) is 7.30. The number of nitrogens with zero attached hydrogens (tertiary/aromatic N) is 1. The first-order valence-corrected chi connectivity index (χ1v) is 8.09. The SMILES string of the molecule is CC1(C)CN(C(=O)CCOc2cccc(Br)c2)CCC1N. The number of amides is 1. The predicted octanol–water partition coefficient (Wildman–Crippen LogP) is 2.80. The molecule has 0 aromatic heterocycles. The van der Waals surface area contributed by atoms with Gasteiger partial charge in [-0.15, -0.1) is 0 Å². The van der Waals surface area contributed by atoms with E-state index in [9.17, 15) is 4.79 Å². The molecule has 116 valence electrons. The van der Waals surface area contributed by atoms with E-state index in [4.69, 9.17) is 10.5 Å². The smallest absolute Gasteiger partial charge is 0.226 e. The zero-order chi connectivity index (χ0) is 15.5. The highest BCUT2D eigenvalue weighted by atomic mass is 79.9. The van der Waals surface area contributed by atoms with E-state index in [0.29, 0.717) is 13.0 Å². The van der Waals surface area contributed by atoms with Crippen molar-refractivity contribution in [3.8, 4) is 5.75 Å². The summed E-state index contributed by atoms with van der Waals surface area (Å²) in [6.07, 6.45) is 1.27. The van der Waals surface area contributed by atoms with Gasteiger partial charge < -0.3 is 15.4 Å². The van der Waals surface area contributed by atoms with Gasteiger partial charge in [0, 0.05) is 23.6 Å². The molecular formula is C16H23BrN2O2. The Morgan fingerprint density at radius 3 is 2.95 bits per heavy atom. The molecule has 1 unspecified atom stereocenters. The zero-order valence-electron chi connectivity index (χ0n) is 12.6. The molecule has 1 fully saturated rings. The lowest BCUT2D eigenvalue weighted by molar-refractivity contribution is -0.135. The molecule has 0 radical (unpaired) electrons. The summed E-state index contributed by atoms with van der Waals surface area (Å²) in [4.78, 5) is 14.2. The van der Waals surface area contributed by atoms with Crippen molar-refractivity contribution in [2.24, 2.45) is 11.1 Å². The van der Waals surface area contributed by atoms with Crippen molar-refractivity contribution in [3.63, 3.8) is 0 Å². The van der Waals surface area contributed by atoms with Crippen LogP contribution in [0.15, 0.2) is 28.7 Å². The number of hydrogen-bond donors (Lipinski definition) is 1. The summed E-state index contributed by atoms with van der Waals surface area (Å²) in [5.41, 5.74) is 6.08. The number of ether oxygens (including phenoxy) is 1. The summed E-state index contributed by atoms with van der Waals surface area (Å²) in [6, 6.07) is 7.80. The number of carbonyl (C=O) groups excluding carboxylic acids is 1. The Morgan fingerprint density at radius 2 is 2.29 bits per heavy atom. The van der Waals surface area contributed by atoms with Gasteiger partial charge in [-0.05, 0) is 30.0 Å². The molecule has 1 aromatic carbocycles. The molecule has 0 spiro atoms. The highest BCUT2D eigenvalue weighted by Gasteiger charge is 2.35. The van der Waals surface area contributed by atoms with Crippen LogP contribution in [0.4, 0.5) is 0 Å². The van der Waals surface area contributed by atoms with Crippen molar-refractivity contribution in [2.75, 3.05) is 19.7 Å². The van der Waals surface area contributed by atoms with Gasteiger partial charge in [0.2, 0.25) is 5.91 Å². The minimum absolute atomic E-state index is 0.0148. The molecule has 2 rings (SSSR count). The first-order chi connectivity index (χ1) is 9.88. The average molecular weight is 355 g/mol. The summed E-state index contributed by atoms with van der Waals surface area (Å²) >= 11 is 3.40. The molecule has 1 aromatic rings. The van der Waals surface area contributed by atoms with Gasteiger partial charge in [-0.2, -0.15) is 0 Å². The first kappa shape index (κ1) is 16.3. The highest BCUT2D eigenvalue weighted by Crippen LogP contribution is 2.28. The van der Waals surface area contributed by atoms with E-state index in [1.807, 2.05) is 29.2 Å². The lowest BCUT2D eigenvalue weighted by atomic mass is 9.79. The maximum Gasteiger partial charge on any atom is 0.226 e. The topological polar surface area (TPSA) is 55.6 Å². The van der Waals surface area contributed by atoms with Crippen LogP contribution in [0.2, 0.25) is 0 Å². The van der Waals surface area contributed by atoms with Gasteiger partial charge in [-0.25, -0.2) is 0 Å². The number of hydrogen-bond acceptors (Lipinski definition) is 3. The maximum atomic E-state index is 12.2. The van der Waals surface area contributed by atoms with E-state index in [0.717, 1.165) is 29.7 Å². The molecule has 1 aliphatic heterocycles. The zero-order valence-corrected chi connectivity index (χ0v) is 14.2. The molecular weight excluding hydrogens is 332 g/mol. The van der Waals surface area contributed by atoms with Crippen LogP contribution in [0.1, 0.15) is 26.7 Å². The van der Waals surface area contributed by atoms with Crippen molar-refractivity contribution < 1.29 is 9.53 Å². The van der Waals surface area contributed by atoms with E-state index in [1.165, 1.54) is 0 Å². The molecule has 4 nitrogen and oxygen atoms in total. The van der Waals surface area contributed by atoms with E-state index in [2.05, 4.69) is 29.8 Å². The van der Waals surface area contributed by atoms with E-state index in [-0.39, 0.29) is 17.4 Å². The molecule has 0 aliphatic carbocycles. The number of halogens is 1. The summed E-state index contributed by atoms with van der Waals surface area (Å²) in [5, 5.41) is 0. The van der Waals surface area contributed by atoms with Crippen molar-refractivity contribution in [3.05, 3.63) is 28.7 Å². The fourth-order valence-electron chi connectivity index (χ4n) is 2.56. The number of nitrogens with two attached hydrogens (primary N) is 1. The monoisotopic (exact) mass is 354 g/mol. The number of piperidine rings is 1. The predicted molar refractivity (Wildman–Crippen MR) is 87.2 cm³/mol. The van der Waals surface area contributed by atoms with Gasteiger partial charge in [0.25, 0.3) is 0 Å². The lowest BCUT2D eigenvalue weighted by Crippen LogP contribution is -2.54. The quantitative estimate of drug-likeness (QED) is 0.904. The van der Waals surface area contributed by atoms with Crippen LogP contribution in [0.3, 0.4) is 0 Å². The molecule has 1 heterocycles. The van der Waals surface area contributed by atoms with Crippen LogP contribution < -0.4 is 10.5 Å². The third kappa shape index (κ3) is 4.45. The van der Waals surface area contributed by atoms with Crippen molar-refractivity contribution in [2.45, 2.75) is 32.7 Å². The average Bonchev–Trinajstić information content (AvgIpc) is 2.42. The van der Waals surface area contributed by atoms with Crippen molar-refractivity contribution in [1.82, 2.24) is 4.90 Å². The van der Waals surface area contributed by atoms with Gasteiger partial charge in [0.05, 0.1) is 13.0 Å². The summed E-state index contributed by atoms with van der Waals surface area (Å²) < 4.78 is 6.59. The lowest BCUT2D eigenvalue weighted by Gasteiger charge is -2.42. The van der Waals surface area contributed by atoms with Crippen LogP contribution in [0.25, 0.3) is 0 Å². The third-order valence-electron chi connectivity index (χ3n) is 4.05. The molecule has 5 heteroatoms. The van der Waals surface area contributed by atoms with Crippen LogP contribution >= 0.6 is 15.9 Å². The van der Waals surface area contributed by atoms with E-state index < -0.39 is 0 Å². The second kappa shape index (κ2) is 6.79. The third-order valence-corrected chi connectivity index (χ3v) is 4.54. The summed E-state index contributed by atoms with van der Waals surface area (Å²) in [6.45, 7) is 6.12. The van der Waals surface area contributed by atoms with E-state index >= 15 is 0 Å². The number of likely N-dealkylation sites (tertiary alicyclic amines) is 1. The standard InChI is InChI=1S/C16H23BrN2O2/c1-16(2)11-19(8-6-14(16)18)15(20)7-9-21-13-5-3-4-12(17)10-13/h3-5,10,14H,6-9,11,18H2,1-2H3. The molecule has 0 bridgehead atoms. The van der Waals surface area contributed by atoms with Gasteiger partial charge in [-0.1, -0.05) is 35.8 Å². The Labute approximate surface area is 134 Å². The second-order valence-electron chi connectivity index (χ2n) is 6.25. The molecule has 0 saturated carbocycles. The number of rotatable bonds is 4. The van der Waals surface area contributed by atoms with Crippen LogP contribution in [0.5, 0.6) is 5.75 Å². The second-order valence-corrected chi connectivity index (χ2v) is 7.17. The maximum absolute atomic E-state index is 12.2. The number of benzene rings is 1. The Bertz CT molecular complexity index is 505. The normalized spacial score (nSPS) is 21.1. The minimum Gasteiger partial charge on any atom is -0.493 e. The van der Waals surface area contributed by atoms with Crippen molar-refractivity contribution >= 4 is 21.8 Å². The van der Waals surface area contributed by atoms with E-state index in [1.54, 1.807) is 0 Å². The van der Waals surface area contributed by atoms with Crippen LogP contribution in [-0.4, -0.2) is 36.5 Å². The van der Waals surface area contributed by atoms with Crippen molar-refractivity contribution in [1.29, 1.82) is 0 Å². The fraction of sp³-hybridized carbons (Fsp3) is 0.562. The van der Waals surface area contributed by atoms with Gasteiger partial charge in [0.1, 0.15) is 5.75 Å². The Morgan fingerprint density at radius 1 is 1.52 bits per heavy atom. The molecule has 1 aliphatic rings. The number of carbonyl (C=O) groups is 1. The van der Waals surface area contributed by atoms with Gasteiger partial charge >= 0.3 is 0 Å². The summed E-state index contributed by atoms with van der Waals surface area (Å²) in [7, 11) is 0. The fourth-order valence-corrected chi connectivity index (χ4v) is 2.94. The molecule has 1 saturated heterocycles. The van der Waals surface area contributed by atoms with Crippen LogP contribution in [0, 0.1) is 5.41 Å². The molecule has 21 heavy (non-hydrogen) atoms. The molecule has 2 N–H and O–H groups in total. The minimum atomic E-state index is -0.0148.